The van der Waals surface area contributed by atoms with Crippen LogP contribution in [0.25, 0.3) is 0 Å². The first-order valence-electron chi connectivity index (χ1n) is 5.66. The zero-order chi connectivity index (χ0) is 12.8. The summed E-state index contributed by atoms with van der Waals surface area (Å²) < 4.78 is 6.63. The maximum Gasteiger partial charge on any atom is 0.174 e. The number of hydrogen-bond donors (Lipinski definition) is 1. The molecule has 2 aromatic rings. The maximum atomic E-state index is 5.78. The fourth-order valence-corrected chi connectivity index (χ4v) is 3.15. The first-order valence-corrected chi connectivity index (χ1v) is 7.46. The second-order valence-corrected chi connectivity index (χ2v) is 6.20. The largest absolute Gasteiger partial charge is 0.491 e. The molecule has 0 fully saturated rings. The molecule has 0 unspecified atom stereocenters. The number of aromatic nitrogens is 2. The third-order valence-corrected chi connectivity index (χ3v) is 4.26. The number of nitrogen functional groups attached to an aromatic ring is 1. The average molecular weight is 281 g/mol. The van der Waals surface area contributed by atoms with E-state index in [1.165, 1.54) is 0 Å². The number of anilines is 1. The van der Waals surface area contributed by atoms with E-state index < -0.39 is 0 Å². The number of ether oxygens (including phenoxy) is 1. The SMILES string of the molecule is Cc1nnc(SCCCOc2ccccc2N)s1. The van der Waals surface area contributed by atoms with Crippen LogP contribution in [0.2, 0.25) is 0 Å². The van der Waals surface area contributed by atoms with Crippen LogP contribution in [0.5, 0.6) is 5.75 Å². The summed E-state index contributed by atoms with van der Waals surface area (Å²) in [6, 6.07) is 7.55. The summed E-state index contributed by atoms with van der Waals surface area (Å²) in [5, 5.41) is 9.04. The molecular weight excluding hydrogens is 266 g/mol. The Labute approximate surface area is 115 Å². The molecule has 0 bridgehead atoms. The van der Waals surface area contributed by atoms with Gasteiger partial charge in [0.15, 0.2) is 4.34 Å². The van der Waals surface area contributed by atoms with Crippen molar-refractivity contribution in [2.75, 3.05) is 18.1 Å². The Balaban J connectivity index is 1.66. The lowest BCUT2D eigenvalue weighted by Crippen LogP contribution is -2.01. The second-order valence-electron chi connectivity index (χ2n) is 3.68. The van der Waals surface area contributed by atoms with E-state index in [-0.39, 0.29) is 0 Å². The van der Waals surface area contributed by atoms with Crippen molar-refractivity contribution in [3.8, 4) is 5.75 Å². The van der Waals surface area contributed by atoms with Crippen molar-refractivity contribution in [1.82, 2.24) is 10.2 Å². The molecule has 18 heavy (non-hydrogen) atoms. The van der Waals surface area contributed by atoms with Crippen molar-refractivity contribution >= 4 is 28.8 Å². The number of hydrogen-bond acceptors (Lipinski definition) is 6. The predicted molar refractivity (Wildman–Crippen MR) is 76.3 cm³/mol. The van der Waals surface area contributed by atoms with Crippen LogP contribution >= 0.6 is 23.1 Å². The third-order valence-electron chi connectivity index (χ3n) is 2.20. The lowest BCUT2D eigenvalue weighted by atomic mass is 10.3. The summed E-state index contributed by atoms with van der Waals surface area (Å²) in [7, 11) is 0. The van der Waals surface area contributed by atoms with Gasteiger partial charge in [-0.15, -0.1) is 10.2 Å². The van der Waals surface area contributed by atoms with Crippen LogP contribution in [-0.2, 0) is 0 Å². The fraction of sp³-hybridized carbons (Fsp3) is 0.333. The van der Waals surface area contributed by atoms with Crippen molar-refractivity contribution in [2.24, 2.45) is 0 Å². The summed E-state index contributed by atoms with van der Waals surface area (Å²) in [5.74, 6) is 1.73. The lowest BCUT2D eigenvalue weighted by molar-refractivity contribution is 0.320. The van der Waals surface area contributed by atoms with Crippen LogP contribution in [0.1, 0.15) is 11.4 Å². The highest BCUT2D eigenvalue weighted by molar-refractivity contribution is 8.01. The minimum Gasteiger partial charge on any atom is -0.491 e. The second kappa shape index (κ2) is 6.61. The minimum atomic E-state index is 0.666. The molecule has 2 N–H and O–H groups in total. The van der Waals surface area contributed by atoms with Crippen LogP contribution in [-0.4, -0.2) is 22.6 Å². The van der Waals surface area contributed by atoms with Crippen molar-refractivity contribution in [3.63, 3.8) is 0 Å². The van der Waals surface area contributed by atoms with Crippen molar-refractivity contribution < 1.29 is 4.74 Å². The molecule has 0 saturated heterocycles. The van der Waals surface area contributed by atoms with Crippen molar-refractivity contribution in [2.45, 2.75) is 17.7 Å². The molecule has 1 heterocycles. The topological polar surface area (TPSA) is 61.0 Å². The first-order chi connectivity index (χ1) is 8.75. The van der Waals surface area contributed by atoms with Gasteiger partial charge in [-0.1, -0.05) is 35.2 Å². The highest BCUT2D eigenvalue weighted by Gasteiger charge is 2.01. The van der Waals surface area contributed by atoms with Crippen LogP contribution in [0.4, 0.5) is 5.69 Å². The number of benzene rings is 1. The van der Waals surface area contributed by atoms with Gasteiger partial charge >= 0.3 is 0 Å². The summed E-state index contributed by atoms with van der Waals surface area (Å²) in [4.78, 5) is 0. The van der Waals surface area contributed by atoms with Gasteiger partial charge in [0.25, 0.3) is 0 Å². The molecule has 0 radical (unpaired) electrons. The Morgan fingerprint density at radius 2 is 2.17 bits per heavy atom. The third kappa shape index (κ3) is 3.89. The van der Waals surface area contributed by atoms with Gasteiger partial charge in [0.2, 0.25) is 0 Å². The standard InChI is InChI=1S/C12H15N3OS2/c1-9-14-15-12(18-9)17-8-4-7-16-11-6-3-2-5-10(11)13/h2-3,5-6H,4,7-8,13H2,1H3. The van der Waals surface area contributed by atoms with Gasteiger partial charge in [0.1, 0.15) is 10.8 Å². The van der Waals surface area contributed by atoms with Crippen molar-refractivity contribution in [1.29, 1.82) is 0 Å². The van der Waals surface area contributed by atoms with E-state index in [0.717, 1.165) is 27.3 Å². The van der Waals surface area contributed by atoms with E-state index in [0.29, 0.717) is 12.3 Å². The van der Waals surface area contributed by atoms with E-state index in [1.54, 1.807) is 23.1 Å². The molecule has 6 heteroatoms. The number of nitrogens with two attached hydrogens (primary N) is 1. The summed E-state index contributed by atoms with van der Waals surface area (Å²) >= 11 is 3.34. The van der Waals surface area contributed by atoms with Gasteiger partial charge < -0.3 is 10.5 Å². The van der Waals surface area contributed by atoms with Crippen molar-refractivity contribution in [3.05, 3.63) is 29.3 Å². The Hall–Kier alpha value is -1.27. The van der Waals surface area contributed by atoms with Gasteiger partial charge in [-0.2, -0.15) is 0 Å². The van der Waals surface area contributed by atoms with Crippen LogP contribution in [0, 0.1) is 6.92 Å². The molecule has 4 nitrogen and oxygen atoms in total. The Bertz CT molecular complexity index is 502. The van der Waals surface area contributed by atoms with E-state index in [9.17, 15) is 0 Å². The fourth-order valence-electron chi connectivity index (χ4n) is 1.35. The van der Waals surface area contributed by atoms with Gasteiger partial charge in [-0.3, -0.25) is 0 Å². The Morgan fingerprint density at radius 1 is 1.33 bits per heavy atom. The normalized spacial score (nSPS) is 10.5. The van der Waals surface area contributed by atoms with Gasteiger partial charge in [0.05, 0.1) is 12.3 Å². The number of nitrogens with zero attached hydrogens (tertiary/aromatic N) is 2. The minimum absolute atomic E-state index is 0.666. The van der Waals surface area contributed by atoms with E-state index in [2.05, 4.69) is 10.2 Å². The van der Waals surface area contributed by atoms with Crippen LogP contribution in [0.15, 0.2) is 28.6 Å². The number of aryl methyl sites for hydroxylation is 1. The zero-order valence-corrected chi connectivity index (χ0v) is 11.8. The highest BCUT2D eigenvalue weighted by atomic mass is 32.2. The maximum absolute atomic E-state index is 5.78. The van der Waals surface area contributed by atoms with E-state index in [4.69, 9.17) is 10.5 Å². The molecule has 1 aromatic carbocycles. The molecule has 0 saturated carbocycles. The quantitative estimate of drug-likeness (QED) is 0.501. The molecule has 0 atom stereocenters. The highest BCUT2D eigenvalue weighted by Crippen LogP contribution is 2.23. The van der Waals surface area contributed by atoms with E-state index in [1.807, 2.05) is 31.2 Å². The van der Waals surface area contributed by atoms with Crippen LogP contribution < -0.4 is 10.5 Å². The number of thioether (sulfide) groups is 1. The molecular formula is C12H15N3OS2. The predicted octanol–water partition coefficient (Wildman–Crippen LogP) is 2.99. The average Bonchev–Trinajstić information content (AvgIpc) is 2.77. The molecule has 0 aliphatic heterocycles. The van der Waals surface area contributed by atoms with Gasteiger partial charge in [-0.05, 0) is 25.5 Å². The van der Waals surface area contributed by atoms with Gasteiger partial charge in [-0.25, -0.2) is 0 Å². The summed E-state index contributed by atoms with van der Waals surface area (Å²) in [6.07, 6.45) is 0.956. The summed E-state index contributed by atoms with van der Waals surface area (Å²) in [6.45, 7) is 2.63. The molecule has 1 aromatic heterocycles. The molecule has 96 valence electrons. The lowest BCUT2D eigenvalue weighted by Gasteiger charge is -2.07. The number of rotatable bonds is 6. The Kier molecular flexibility index (Phi) is 4.83. The van der Waals surface area contributed by atoms with Gasteiger partial charge in [0, 0.05) is 5.75 Å². The molecule has 0 spiro atoms. The summed E-state index contributed by atoms with van der Waals surface area (Å²) in [5.41, 5.74) is 6.47. The zero-order valence-electron chi connectivity index (χ0n) is 10.1. The Morgan fingerprint density at radius 3 is 2.89 bits per heavy atom. The first kappa shape index (κ1) is 13.2. The van der Waals surface area contributed by atoms with Crippen LogP contribution in [0.3, 0.4) is 0 Å². The smallest absolute Gasteiger partial charge is 0.174 e. The molecule has 0 amide bonds. The molecule has 2 rings (SSSR count). The van der Waals surface area contributed by atoms with E-state index >= 15 is 0 Å². The monoisotopic (exact) mass is 281 g/mol. The molecule has 0 aliphatic carbocycles. The molecule has 0 aliphatic rings. The number of para-hydroxylation sites is 2.